The molecule has 1 amide bonds. The first-order chi connectivity index (χ1) is 13.9. The molecule has 0 aromatic heterocycles. The fraction of sp³-hybridized carbons (Fsp3) is 0.273. The first-order valence-electron chi connectivity index (χ1n) is 9.33. The lowest BCUT2D eigenvalue weighted by atomic mass is 10.0. The summed E-state index contributed by atoms with van der Waals surface area (Å²) in [5, 5.41) is 6.21. The van der Waals surface area contributed by atoms with Crippen LogP contribution in [-0.2, 0) is 9.59 Å². The van der Waals surface area contributed by atoms with Crippen molar-refractivity contribution in [2.45, 2.75) is 26.3 Å². The highest BCUT2D eigenvalue weighted by Gasteiger charge is 2.29. The van der Waals surface area contributed by atoms with Crippen molar-refractivity contribution < 1.29 is 19.1 Å². The van der Waals surface area contributed by atoms with Gasteiger partial charge in [-0.15, -0.1) is 0 Å². The molecular weight excluding hydrogens is 370 g/mol. The molecule has 1 atom stereocenters. The Kier molecular flexibility index (Phi) is 5.89. The topological polar surface area (TPSA) is 103 Å². The predicted molar refractivity (Wildman–Crippen MR) is 113 cm³/mol. The number of anilines is 2. The van der Waals surface area contributed by atoms with Crippen molar-refractivity contribution in [3.05, 3.63) is 53.2 Å². The van der Waals surface area contributed by atoms with E-state index in [0.717, 1.165) is 22.5 Å². The molecule has 0 bridgehead atoms. The number of ketones is 1. The van der Waals surface area contributed by atoms with Crippen LogP contribution in [0.15, 0.2) is 42.1 Å². The number of carbonyl (C=O) groups excluding carboxylic acids is 2. The molecule has 0 spiro atoms. The van der Waals surface area contributed by atoms with E-state index >= 15 is 0 Å². The number of methoxy groups -OCH3 is 2. The van der Waals surface area contributed by atoms with Gasteiger partial charge in [-0.25, -0.2) is 0 Å². The molecule has 0 radical (unpaired) electrons. The number of rotatable bonds is 7. The van der Waals surface area contributed by atoms with Gasteiger partial charge < -0.3 is 25.8 Å². The zero-order valence-corrected chi connectivity index (χ0v) is 17.0. The van der Waals surface area contributed by atoms with Crippen molar-refractivity contribution >= 4 is 28.6 Å². The number of fused-ring (bicyclic) bond motifs is 1. The van der Waals surface area contributed by atoms with Gasteiger partial charge in [-0.1, -0.05) is 19.1 Å². The highest BCUT2D eigenvalue weighted by atomic mass is 16.5. The number of benzene rings is 2. The number of nitrogens with two attached hydrogens (primary N) is 1. The van der Waals surface area contributed by atoms with Crippen LogP contribution in [0.2, 0.25) is 0 Å². The molecule has 4 N–H and O–H groups in total. The highest BCUT2D eigenvalue weighted by molar-refractivity contribution is 6.32. The van der Waals surface area contributed by atoms with Crippen LogP contribution in [0.3, 0.4) is 0 Å². The molecule has 2 aromatic carbocycles. The third kappa shape index (κ3) is 3.95. The lowest BCUT2D eigenvalue weighted by Gasteiger charge is -2.15. The van der Waals surface area contributed by atoms with Crippen LogP contribution in [0.4, 0.5) is 11.4 Å². The Balaban J connectivity index is 1.97. The lowest BCUT2D eigenvalue weighted by molar-refractivity contribution is -0.118. The van der Waals surface area contributed by atoms with Gasteiger partial charge in [0.05, 0.1) is 31.5 Å². The van der Waals surface area contributed by atoms with E-state index in [1.807, 2.05) is 31.2 Å². The van der Waals surface area contributed by atoms with Crippen molar-refractivity contribution in [2.24, 2.45) is 5.73 Å². The Labute approximate surface area is 169 Å². The van der Waals surface area contributed by atoms with E-state index in [4.69, 9.17) is 15.2 Å². The van der Waals surface area contributed by atoms with Crippen LogP contribution in [0.25, 0.3) is 5.57 Å². The van der Waals surface area contributed by atoms with Gasteiger partial charge in [0.15, 0.2) is 17.3 Å². The maximum absolute atomic E-state index is 12.7. The van der Waals surface area contributed by atoms with Crippen LogP contribution in [0, 0.1) is 0 Å². The molecule has 7 nitrogen and oxygen atoms in total. The summed E-state index contributed by atoms with van der Waals surface area (Å²) in [5.41, 5.74) is 10.2. The van der Waals surface area contributed by atoms with E-state index in [-0.39, 0.29) is 11.7 Å². The average Bonchev–Trinajstić information content (AvgIpc) is 3.05. The molecule has 0 aliphatic carbocycles. The molecule has 1 aliphatic heterocycles. The van der Waals surface area contributed by atoms with E-state index in [9.17, 15) is 9.59 Å². The SMILES string of the molecule is CC/C(Nc1ccc(C(N)C(C)=O)cc1)=C1/C(=O)Nc2cc(OC)c(OC)cc21. The van der Waals surface area contributed by atoms with Gasteiger partial charge in [-0.3, -0.25) is 9.59 Å². The van der Waals surface area contributed by atoms with Crippen molar-refractivity contribution in [2.75, 3.05) is 24.9 Å². The van der Waals surface area contributed by atoms with Gasteiger partial charge in [0, 0.05) is 23.0 Å². The van der Waals surface area contributed by atoms with Gasteiger partial charge in [0.1, 0.15) is 0 Å². The fourth-order valence-corrected chi connectivity index (χ4v) is 3.31. The van der Waals surface area contributed by atoms with Crippen molar-refractivity contribution in [1.82, 2.24) is 0 Å². The monoisotopic (exact) mass is 395 g/mol. The normalized spacial score (nSPS) is 15.3. The highest BCUT2D eigenvalue weighted by Crippen LogP contribution is 2.42. The number of ether oxygens (including phenoxy) is 2. The van der Waals surface area contributed by atoms with E-state index in [1.165, 1.54) is 6.92 Å². The summed E-state index contributed by atoms with van der Waals surface area (Å²) in [7, 11) is 3.11. The van der Waals surface area contributed by atoms with Crippen molar-refractivity contribution in [1.29, 1.82) is 0 Å². The van der Waals surface area contributed by atoms with Crippen LogP contribution in [0.1, 0.15) is 37.4 Å². The number of hydrogen-bond acceptors (Lipinski definition) is 6. The minimum atomic E-state index is -0.636. The average molecular weight is 395 g/mol. The second-order valence-corrected chi connectivity index (χ2v) is 6.75. The molecular formula is C22H25N3O4. The predicted octanol–water partition coefficient (Wildman–Crippen LogP) is 3.48. The Bertz CT molecular complexity index is 980. The van der Waals surface area contributed by atoms with E-state index in [0.29, 0.717) is 29.2 Å². The molecule has 29 heavy (non-hydrogen) atoms. The zero-order chi connectivity index (χ0) is 21.1. The second kappa shape index (κ2) is 8.36. The minimum Gasteiger partial charge on any atom is -0.493 e. The Hall–Kier alpha value is -3.32. The molecule has 1 aliphatic rings. The summed E-state index contributed by atoms with van der Waals surface area (Å²) >= 11 is 0. The molecule has 1 unspecified atom stereocenters. The molecule has 0 saturated carbocycles. The van der Waals surface area contributed by atoms with Crippen LogP contribution in [0.5, 0.6) is 11.5 Å². The van der Waals surface area contributed by atoms with Gasteiger partial charge in [0.2, 0.25) is 0 Å². The number of amides is 1. The standard InChI is InChI=1S/C22H25N3O4/c1-5-16(24-14-8-6-13(7-9-14)21(23)12(2)26)20-15-10-18(28-3)19(29-4)11-17(15)25-22(20)27/h6-11,21,24H,5,23H2,1-4H3,(H,25,27)/b20-16-. The smallest absolute Gasteiger partial charge is 0.258 e. The first-order valence-corrected chi connectivity index (χ1v) is 9.33. The molecule has 152 valence electrons. The number of allylic oxidation sites excluding steroid dienone is 1. The first kappa shape index (κ1) is 20.4. The van der Waals surface area contributed by atoms with Crippen LogP contribution >= 0.6 is 0 Å². The Morgan fingerprint density at radius 2 is 1.76 bits per heavy atom. The maximum atomic E-state index is 12.7. The number of carbonyl (C=O) groups is 2. The van der Waals surface area contributed by atoms with Crippen LogP contribution in [-0.4, -0.2) is 25.9 Å². The summed E-state index contributed by atoms with van der Waals surface area (Å²) in [6, 6.07) is 10.2. The van der Waals surface area contributed by atoms with E-state index in [1.54, 1.807) is 26.4 Å². The summed E-state index contributed by atoms with van der Waals surface area (Å²) in [5.74, 6) is 0.829. The molecule has 0 saturated heterocycles. The van der Waals surface area contributed by atoms with Crippen LogP contribution < -0.4 is 25.8 Å². The van der Waals surface area contributed by atoms with E-state index < -0.39 is 6.04 Å². The van der Waals surface area contributed by atoms with Gasteiger partial charge in [0.25, 0.3) is 5.91 Å². The number of nitrogens with one attached hydrogen (secondary N) is 2. The van der Waals surface area contributed by atoms with Gasteiger partial charge in [-0.05, 0) is 37.1 Å². The summed E-state index contributed by atoms with van der Waals surface area (Å²) in [6.07, 6.45) is 0.616. The Morgan fingerprint density at radius 3 is 2.31 bits per heavy atom. The molecule has 1 heterocycles. The van der Waals surface area contributed by atoms with Crippen molar-refractivity contribution in [3.8, 4) is 11.5 Å². The number of hydrogen-bond donors (Lipinski definition) is 3. The third-order valence-corrected chi connectivity index (χ3v) is 4.93. The number of Topliss-reactive ketones (excluding diaryl/α,β-unsaturated/α-hetero) is 1. The van der Waals surface area contributed by atoms with Gasteiger partial charge >= 0.3 is 0 Å². The van der Waals surface area contributed by atoms with Gasteiger partial charge in [-0.2, -0.15) is 0 Å². The molecule has 0 fully saturated rings. The van der Waals surface area contributed by atoms with E-state index in [2.05, 4.69) is 10.6 Å². The summed E-state index contributed by atoms with van der Waals surface area (Å²) < 4.78 is 10.7. The maximum Gasteiger partial charge on any atom is 0.258 e. The lowest BCUT2D eigenvalue weighted by Crippen LogP contribution is -2.18. The minimum absolute atomic E-state index is 0.0920. The Morgan fingerprint density at radius 1 is 1.14 bits per heavy atom. The summed E-state index contributed by atoms with van der Waals surface area (Å²) in [6.45, 7) is 3.44. The largest absolute Gasteiger partial charge is 0.493 e. The quantitative estimate of drug-likeness (QED) is 0.620. The molecule has 2 aromatic rings. The molecule has 7 heteroatoms. The van der Waals surface area contributed by atoms with Crippen molar-refractivity contribution in [3.63, 3.8) is 0 Å². The fourth-order valence-electron chi connectivity index (χ4n) is 3.31. The summed E-state index contributed by atoms with van der Waals surface area (Å²) in [4.78, 5) is 24.2. The zero-order valence-electron chi connectivity index (χ0n) is 17.0. The second-order valence-electron chi connectivity index (χ2n) is 6.75. The molecule has 3 rings (SSSR count). The third-order valence-electron chi connectivity index (χ3n) is 4.93.